The molecular weight excluding hydrogens is 391 g/mol. The van der Waals surface area contributed by atoms with Crippen LogP contribution in [-0.4, -0.2) is 31.1 Å². The van der Waals surface area contributed by atoms with Gasteiger partial charge >= 0.3 is 0 Å². The lowest BCUT2D eigenvalue weighted by molar-refractivity contribution is 0.0825. The lowest BCUT2D eigenvalue weighted by atomic mass is 9.36. The summed E-state index contributed by atoms with van der Waals surface area (Å²) >= 11 is 1.66. The number of imidazole rings is 1. The lowest BCUT2D eigenvalue weighted by Crippen LogP contribution is -2.40. The van der Waals surface area contributed by atoms with Gasteiger partial charge in [-0.2, -0.15) is 10.2 Å². The minimum Gasteiger partial charge on any atom is -0.275 e. The Hall–Kier alpha value is -2.66. The van der Waals surface area contributed by atoms with E-state index in [9.17, 15) is 0 Å². The maximum absolute atomic E-state index is 9.14. The fourth-order valence-electron chi connectivity index (χ4n) is 5.55. The first kappa shape index (κ1) is 18.1. The molecule has 0 radical (unpaired) electrons. The standard InChI is InChI=1S/C22H23BN6S/c1-14-7-15(8-16-11-28(2)26-19(14)16)20-27-29-12-18(25-21(29)30-20)17-9-22(10-17)3-5-23(13-24)6-4-22/h7-8,11-12,17H,3-6,9-10H2,1-2H3. The second kappa shape index (κ2) is 6.42. The highest BCUT2D eigenvalue weighted by molar-refractivity contribution is 7.19. The molecule has 0 N–H and O–H groups in total. The van der Waals surface area contributed by atoms with Crippen LogP contribution in [0.5, 0.6) is 0 Å². The van der Waals surface area contributed by atoms with Gasteiger partial charge in [-0.15, -0.1) is 0 Å². The lowest BCUT2D eigenvalue weighted by Gasteiger charge is -2.50. The first-order valence-electron chi connectivity index (χ1n) is 10.7. The van der Waals surface area contributed by atoms with Gasteiger partial charge in [-0.3, -0.25) is 4.68 Å². The third-order valence-corrected chi connectivity index (χ3v) is 8.20. The monoisotopic (exact) mass is 414 g/mol. The van der Waals surface area contributed by atoms with E-state index in [0.717, 1.165) is 39.1 Å². The highest BCUT2D eigenvalue weighted by Crippen LogP contribution is 2.58. The molecule has 150 valence electrons. The van der Waals surface area contributed by atoms with Crippen molar-refractivity contribution >= 4 is 33.9 Å². The van der Waals surface area contributed by atoms with Crippen molar-refractivity contribution in [1.82, 2.24) is 24.4 Å². The summed E-state index contributed by atoms with van der Waals surface area (Å²) in [4.78, 5) is 5.90. The number of rotatable bonds is 2. The summed E-state index contributed by atoms with van der Waals surface area (Å²) in [5.74, 6) is 3.00. The van der Waals surface area contributed by atoms with Crippen LogP contribution < -0.4 is 0 Å². The predicted octanol–water partition coefficient (Wildman–Crippen LogP) is 4.87. The molecule has 0 unspecified atom stereocenters. The summed E-state index contributed by atoms with van der Waals surface area (Å²) < 4.78 is 3.82. The van der Waals surface area contributed by atoms with Crippen LogP contribution in [0.15, 0.2) is 24.5 Å². The van der Waals surface area contributed by atoms with Crippen LogP contribution >= 0.6 is 11.3 Å². The van der Waals surface area contributed by atoms with Crippen molar-refractivity contribution in [3.8, 4) is 16.5 Å². The van der Waals surface area contributed by atoms with Crippen LogP contribution in [0.4, 0.5) is 0 Å². The fourth-order valence-corrected chi connectivity index (χ4v) is 6.42. The van der Waals surface area contributed by atoms with E-state index in [0.29, 0.717) is 11.3 Å². The Morgan fingerprint density at radius 1 is 1.20 bits per heavy atom. The minimum atomic E-state index is 0.282. The zero-order chi connectivity index (χ0) is 20.5. The topological polar surface area (TPSA) is 71.8 Å². The van der Waals surface area contributed by atoms with E-state index < -0.39 is 0 Å². The summed E-state index contributed by atoms with van der Waals surface area (Å²) in [5, 5.41) is 20.7. The molecule has 4 aromatic rings. The molecule has 2 aliphatic rings. The number of nitrogens with zero attached hydrogens (tertiary/aromatic N) is 6. The number of fused-ring (bicyclic) bond motifs is 2. The number of aromatic nitrogens is 5. The van der Waals surface area contributed by atoms with Gasteiger partial charge in [-0.05, 0) is 42.9 Å². The molecule has 6 nitrogen and oxygen atoms in total. The Labute approximate surface area is 179 Å². The maximum Gasteiger partial charge on any atom is 0.267 e. The van der Waals surface area contributed by atoms with Crippen LogP contribution in [0.3, 0.4) is 0 Å². The van der Waals surface area contributed by atoms with E-state index in [1.165, 1.54) is 36.9 Å². The first-order chi connectivity index (χ1) is 14.5. The predicted molar refractivity (Wildman–Crippen MR) is 120 cm³/mol. The van der Waals surface area contributed by atoms with Gasteiger partial charge < -0.3 is 0 Å². The van der Waals surface area contributed by atoms with E-state index in [4.69, 9.17) is 15.3 Å². The average molecular weight is 414 g/mol. The van der Waals surface area contributed by atoms with Crippen molar-refractivity contribution in [3.63, 3.8) is 0 Å². The zero-order valence-electron chi connectivity index (χ0n) is 17.3. The molecule has 30 heavy (non-hydrogen) atoms. The molecule has 2 fully saturated rings. The molecule has 0 atom stereocenters. The van der Waals surface area contributed by atoms with Gasteiger partial charge in [0.05, 0.1) is 17.4 Å². The molecule has 0 bridgehead atoms. The molecule has 8 heteroatoms. The van der Waals surface area contributed by atoms with Gasteiger partial charge in [-0.25, -0.2) is 14.8 Å². The SMILES string of the molecule is Cc1cc(-c2nn3cc(C4CC5(CCB(C#N)CC5)C4)nc3s2)cc2cn(C)nc12. The summed E-state index contributed by atoms with van der Waals surface area (Å²) in [7, 11) is 1.96. The first-order valence-corrected chi connectivity index (χ1v) is 11.5. The third-order valence-electron chi connectivity index (χ3n) is 7.23. The molecule has 3 aromatic heterocycles. The van der Waals surface area contributed by atoms with Crippen molar-refractivity contribution in [2.75, 3.05) is 0 Å². The molecule has 1 saturated heterocycles. The Bertz CT molecular complexity index is 1280. The Kier molecular flexibility index (Phi) is 3.88. The average Bonchev–Trinajstić information content (AvgIpc) is 3.38. The van der Waals surface area contributed by atoms with Gasteiger partial charge in [0.1, 0.15) is 5.01 Å². The summed E-state index contributed by atoms with van der Waals surface area (Å²) in [6, 6.07) is 4.34. The van der Waals surface area contributed by atoms with Crippen molar-refractivity contribution in [2.45, 2.75) is 51.2 Å². The van der Waals surface area contributed by atoms with E-state index >= 15 is 0 Å². The third kappa shape index (κ3) is 2.79. The Morgan fingerprint density at radius 2 is 2.00 bits per heavy atom. The number of aryl methyl sites for hydroxylation is 2. The minimum absolute atomic E-state index is 0.282. The van der Waals surface area contributed by atoms with Crippen LogP contribution in [-0.2, 0) is 7.05 Å². The maximum atomic E-state index is 9.14. The van der Waals surface area contributed by atoms with Gasteiger partial charge in [0.25, 0.3) is 6.71 Å². The van der Waals surface area contributed by atoms with Gasteiger partial charge in [0.2, 0.25) is 4.96 Å². The molecular formula is C22H23BN6S. The molecule has 1 aliphatic carbocycles. The van der Waals surface area contributed by atoms with Crippen molar-refractivity contribution < 1.29 is 0 Å². The van der Waals surface area contributed by atoms with Gasteiger partial charge in [0.15, 0.2) is 0 Å². The number of hydrogen-bond donors (Lipinski definition) is 0. The van der Waals surface area contributed by atoms with E-state index in [-0.39, 0.29) is 6.71 Å². The van der Waals surface area contributed by atoms with Gasteiger partial charge in [0, 0.05) is 36.1 Å². The Morgan fingerprint density at radius 3 is 2.73 bits per heavy atom. The molecule has 6 rings (SSSR count). The largest absolute Gasteiger partial charge is 0.275 e. The summed E-state index contributed by atoms with van der Waals surface area (Å²) in [6.07, 6.45) is 11.2. The van der Waals surface area contributed by atoms with Crippen LogP contribution in [0.1, 0.15) is 42.9 Å². The van der Waals surface area contributed by atoms with Crippen molar-refractivity contribution in [3.05, 3.63) is 35.8 Å². The van der Waals surface area contributed by atoms with Crippen LogP contribution in [0, 0.1) is 23.6 Å². The molecule has 1 aliphatic heterocycles. The van der Waals surface area contributed by atoms with Crippen molar-refractivity contribution in [1.29, 1.82) is 5.26 Å². The summed E-state index contributed by atoms with van der Waals surface area (Å²) in [5.41, 5.74) is 5.01. The van der Waals surface area contributed by atoms with E-state index in [2.05, 4.69) is 42.5 Å². The number of benzene rings is 1. The molecule has 1 aromatic carbocycles. The highest BCUT2D eigenvalue weighted by Gasteiger charge is 2.47. The molecule has 4 heterocycles. The molecule has 1 saturated carbocycles. The second-order valence-electron chi connectivity index (χ2n) is 9.34. The number of hydrogen-bond acceptors (Lipinski definition) is 5. The van der Waals surface area contributed by atoms with Crippen molar-refractivity contribution in [2.24, 2.45) is 12.5 Å². The Balaban J connectivity index is 1.23. The van der Waals surface area contributed by atoms with E-state index in [1.54, 1.807) is 11.3 Å². The van der Waals surface area contributed by atoms with Crippen LogP contribution in [0.2, 0.25) is 12.6 Å². The smallest absolute Gasteiger partial charge is 0.267 e. The summed E-state index contributed by atoms with van der Waals surface area (Å²) in [6.45, 7) is 2.39. The fraction of sp³-hybridized carbons (Fsp3) is 0.455. The quantitative estimate of drug-likeness (QED) is 0.439. The highest BCUT2D eigenvalue weighted by atomic mass is 32.1. The normalized spacial score (nSPS) is 18.9. The van der Waals surface area contributed by atoms with Crippen LogP contribution in [0.25, 0.3) is 26.4 Å². The second-order valence-corrected chi connectivity index (χ2v) is 10.3. The zero-order valence-corrected chi connectivity index (χ0v) is 18.1. The van der Waals surface area contributed by atoms with E-state index in [1.807, 2.05) is 16.2 Å². The molecule has 1 spiro atoms. The van der Waals surface area contributed by atoms with Gasteiger partial charge in [-0.1, -0.05) is 36.8 Å². The molecule has 0 amide bonds. The number of nitriles is 1.